The molecule has 1 aromatic carbocycles. The number of fused-ring (bicyclic) bond motifs is 1. The average molecular weight is 246 g/mol. The van der Waals surface area contributed by atoms with Crippen LogP contribution in [0, 0.1) is 6.92 Å². The van der Waals surface area contributed by atoms with Gasteiger partial charge in [0, 0.05) is 6.92 Å². The van der Waals surface area contributed by atoms with E-state index in [0.717, 1.165) is 32.5 Å². The first-order valence-corrected chi connectivity index (χ1v) is 6.94. The van der Waals surface area contributed by atoms with Crippen molar-refractivity contribution >= 4 is 11.0 Å². The molecule has 1 aromatic heterocycles. The van der Waals surface area contributed by atoms with Crippen LogP contribution in [0.15, 0.2) is 18.2 Å². The Morgan fingerprint density at radius 3 is 2.67 bits per heavy atom. The fourth-order valence-electron chi connectivity index (χ4n) is 2.77. The lowest BCUT2D eigenvalue weighted by atomic mass is 10.1. The van der Waals surface area contributed by atoms with Crippen LogP contribution in [0.5, 0.6) is 0 Å². The second-order valence-corrected chi connectivity index (χ2v) is 4.75. The molecule has 0 unspecified atom stereocenters. The van der Waals surface area contributed by atoms with Crippen molar-refractivity contribution in [2.75, 3.05) is 6.54 Å². The number of nitrogens with two attached hydrogens (primary N) is 1. The second-order valence-electron chi connectivity index (χ2n) is 4.75. The fraction of sp³-hybridized carbons (Fsp3) is 0.533. The van der Waals surface area contributed by atoms with Crippen molar-refractivity contribution in [3.8, 4) is 0 Å². The summed E-state index contributed by atoms with van der Waals surface area (Å²) in [4.78, 5) is 0. The van der Waals surface area contributed by atoms with Crippen LogP contribution in [0.4, 0.5) is 0 Å². The summed E-state index contributed by atoms with van der Waals surface area (Å²) >= 11 is 0. The minimum absolute atomic E-state index is 0.765. The molecular weight excluding hydrogens is 222 g/mol. The second kappa shape index (κ2) is 5.53. The van der Waals surface area contributed by atoms with Crippen molar-refractivity contribution in [3.63, 3.8) is 0 Å². The van der Waals surface area contributed by atoms with Crippen LogP contribution >= 0.6 is 0 Å². The lowest BCUT2D eigenvalue weighted by Crippen LogP contribution is -2.35. The first-order valence-electron chi connectivity index (χ1n) is 6.94. The quantitative estimate of drug-likeness (QED) is 0.806. The van der Waals surface area contributed by atoms with Gasteiger partial charge in [0.15, 0.2) is 11.0 Å². The first-order chi connectivity index (χ1) is 8.72. The number of hydrogen-bond acceptors (Lipinski definition) is 1. The summed E-state index contributed by atoms with van der Waals surface area (Å²) in [6, 6.07) is 6.82. The normalized spacial score (nSPS) is 11.3. The third kappa shape index (κ3) is 2.15. The summed E-state index contributed by atoms with van der Waals surface area (Å²) in [7, 11) is 0. The van der Waals surface area contributed by atoms with Gasteiger partial charge in [0.05, 0.1) is 13.1 Å². The first kappa shape index (κ1) is 13.1. The Morgan fingerprint density at radius 2 is 2.06 bits per heavy atom. The van der Waals surface area contributed by atoms with E-state index in [1.54, 1.807) is 0 Å². The predicted octanol–water partition coefficient (Wildman–Crippen LogP) is 2.17. The van der Waals surface area contributed by atoms with Crippen LogP contribution in [-0.4, -0.2) is 11.1 Å². The standard InChI is InChI=1S/C15H24N3/c1-4-17-12(3)18(5-2)15-11-13(7-6-10-16)8-9-14(15)17/h8-9,11H,4-7,10,16H2,1-3H3/q+1. The largest absolute Gasteiger partial charge is 0.330 e. The van der Waals surface area contributed by atoms with E-state index in [2.05, 4.69) is 48.1 Å². The highest BCUT2D eigenvalue weighted by Crippen LogP contribution is 2.17. The Hall–Kier alpha value is -1.35. The molecule has 0 fully saturated rings. The molecule has 0 saturated heterocycles. The number of benzene rings is 1. The van der Waals surface area contributed by atoms with Gasteiger partial charge in [-0.05, 0) is 50.9 Å². The van der Waals surface area contributed by atoms with Crippen LogP contribution < -0.4 is 10.3 Å². The summed E-state index contributed by atoms with van der Waals surface area (Å²) in [6.45, 7) is 9.42. The molecular formula is C15H24N3+. The minimum Gasteiger partial charge on any atom is -0.330 e. The molecule has 3 heteroatoms. The molecule has 2 rings (SSSR count). The molecule has 0 aliphatic rings. The predicted molar refractivity (Wildman–Crippen MR) is 75.6 cm³/mol. The van der Waals surface area contributed by atoms with Crippen molar-refractivity contribution < 1.29 is 4.57 Å². The van der Waals surface area contributed by atoms with Crippen LogP contribution in [0.1, 0.15) is 31.7 Å². The third-order valence-electron chi connectivity index (χ3n) is 3.70. The summed E-state index contributed by atoms with van der Waals surface area (Å²) < 4.78 is 4.77. The van der Waals surface area contributed by atoms with Crippen molar-refractivity contribution in [1.82, 2.24) is 4.57 Å². The van der Waals surface area contributed by atoms with Crippen molar-refractivity contribution in [1.29, 1.82) is 0 Å². The molecule has 0 atom stereocenters. The molecule has 0 radical (unpaired) electrons. The molecule has 0 spiro atoms. The van der Waals surface area contributed by atoms with Gasteiger partial charge in [0.2, 0.25) is 0 Å². The van der Waals surface area contributed by atoms with E-state index in [9.17, 15) is 0 Å². The molecule has 1 heterocycles. The fourth-order valence-corrected chi connectivity index (χ4v) is 2.77. The lowest BCUT2D eigenvalue weighted by Gasteiger charge is -1.99. The molecule has 98 valence electrons. The minimum atomic E-state index is 0.765. The van der Waals surface area contributed by atoms with Crippen molar-refractivity contribution in [2.24, 2.45) is 5.73 Å². The van der Waals surface area contributed by atoms with Gasteiger partial charge in [0.1, 0.15) is 0 Å². The van der Waals surface area contributed by atoms with Gasteiger partial charge in [-0.25, -0.2) is 9.13 Å². The molecule has 0 bridgehead atoms. The molecule has 3 nitrogen and oxygen atoms in total. The Morgan fingerprint density at radius 1 is 1.28 bits per heavy atom. The number of imidazole rings is 1. The van der Waals surface area contributed by atoms with Crippen molar-refractivity contribution in [3.05, 3.63) is 29.6 Å². The maximum atomic E-state index is 5.59. The van der Waals surface area contributed by atoms with Gasteiger partial charge in [-0.2, -0.15) is 0 Å². The van der Waals surface area contributed by atoms with Gasteiger partial charge in [-0.3, -0.25) is 0 Å². The van der Waals surface area contributed by atoms with Gasteiger partial charge < -0.3 is 5.73 Å². The SMILES string of the molecule is CCn1c(C)[n+](CC)c2ccc(CCCN)cc21. The van der Waals surface area contributed by atoms with E-state index >= 15 is 0 Å². The number of nitrogens with zero attached hydrogens (tertiary/aromatic N) is 2. The van der Waals surface area contributed by atoms with E-state index in [1.165, 1.54) is 22.4 Å². The van der Waals surface area contributed by atoms with E-state index in [-0.39, 0.29) is 0 Å². The van der Waals surface area contributed by atoms with Gasteiger partial charge >= 0.3 is 0 Å². The maximum Gasteiger partial charge on any atom is 0.254 e. The van der Waals surface area contributed by atoms with Crippen LogP contribution in [-0.2, 0) is 19.5 Å². The molecule has 2 aromatic rings. The van der Waals surface area contributed by atoms with Gasteiger partial charge in [-0.15, -0.1) is 0 Å². The number of rotatable bonds is 5. The number of hydrogen-bond donors (Lipinski definition) is 1. The van der Waals surface area contributed by atoms with Crippen LogP contribution in [0.25, 0.3) is 11.0 Å². The Labute approximate surface area is 109 Å². The van der Waals surface area contributed by atoms with E-state index in [4.69, 9.17) is 5.73 Å². The van der Waals surface area contributed by atoms with Crippen LogP contribution in [0.2, 0.25) is 0 Å². The van der Waals surface area contributed by atoms with Crippen molar-refractivity contribution in [2.45, 2.75) is 46.7 Å². The summed E-state index contributed by atoms with van der Waals surface area (Å²) in [5, 5.41) is 0. The summed E-state index contributed by atoms with van der Waals surface area (Å²) in [5.74, 6) is 1.34. The van der Waals surface area contributed by atoms with E-state index in [1.807, 2.05) is 0 Å². The average Bonchev–Trinajstić information content (AvgIpc) is 2.66. The van der Waals surface area contributed by atoms with Gasteiger partial charge in [0.25, 0.3) is 5.82 Å². The van der Waals surface area contributed by atoms with Crippen LogP contribution in [0.3, 0.4) is 0 Å². The Balaban J connectivity index is 2.54. The third-order valence-corrected chi connectivity index (χ3v) is 3.70. The number of aryl methyl sites for hydroxylation is 3. The molecule has 0 amide bonds. The highest BCUT2D eigenvalue weighted by molar-refractivity contribution is 5.73. The van der Waals surface area contributed by atoms with E-state index in [0.29, 0.717) is 0 Å². The molecule has 2 N–H and O–H groups in total. The zero-order valence-electron chi connectivity index (χ0n) is 11.7. The maximum absolute atomic E-state index is 5.59. The Bertz CT molecular complexity index is 540. The lowest BCUT2D eigenvalue weighted by molar-refractivity contribution is -0.674. The smallest absolute Gasteiger partial charge is 0.254 e. The monoisotopic (exact) mass is 246 g/mol. The van der Waals surface area contributed by atoms with E-state index < -0.39 is 0 Å². The highest BCUT2D eigenvalue weighted by atomic mass is 15.2. The summed E-state index contributed by atoms with van der Waals surface area (Å²) in [5.41, 5.74) is 9.67. The topological polar surface area (TPSA) is 34.8 Å². The zero-order valence-corrected chi connectivity index (χ0v) is 11.7. The summed E-state index contributed by atoms with van der Waals surface area (Å²) in [6.07, 6.45) is 2.14. The highest BCUT2D eigenvalue weighted by Gasteiger charge is 2.19. The Kier molecular flexibility index (Phi) is 4.02. The number of aromatic nitrogens is 2. The molecule has 0 aliphatic heterocycles. The molecule has 18 heavy (non-hydrogen) atoms. The molecule has 0 saturated carbocycles. The zero-order chi connectivity index (χ0) is 13.1. The molecule has 0 aliphatic carbocycles. The van der Waals surface area contributed by atoms with Gasteiger partial charge in [-0.1, -0.05) is 6.07 Å².